The first-order valence-corrected chi connectivity index (χ1v) is 6.52. The molecule has 3 rings (SSSR count). The van der Waals surface area contributed by atoms with Crippen LogP contribution in [-0.2, 0) is 0 Å². The van der Waals surface area contributed by atoms with E-state index in [0.717, 1.165) is 33.9 Å². The Bertz CT molecular complexity index is 647. The first-order chi connectivity index (χ1) is 9.81. The van der Waals surface area contributed by atoms with E-state index in [1.54, 1.807) is 13.2 Å². The lowest BCUT2D eigenvalue weighted by Crippen LogP contribution is -2.15. The summed E-state index contributed by atoms with van der Waals surface area (Å²) < 4.78 is 16.5. The van der Waals surface area contributed by atoms with E-state index in [4.69, 9.17) is 14.2 Å². The summed E-state index contributed by atoms with van der Waals surface area (Å²) in [7, 11) is 1.66. The minimum absolute atomic E-state index is 0.594. The average Bonchev–Trinajstić information content (AvgIpc) is 2.53. The fourth-order valence-corrected chi connectivity index (χ4v) is 2.30. The van der Waals surface area contributed by atoms with E-state index < -0.39 is 0 Å². The topological polar surface area (TPSA) is 27.7 Å². The maximum atomic E-state index is 5.62. The van der Waals surface area contributed by atoms with Crippen molar-refractivity contribution in [3.05, 3.63) is 48.5 Å². The number of benzene rings is 2. The van der Waals surface area contributed by atoms with Crippen molar-refractivity contribution in [1.82, 2.24) is 0 Å². The van der Waals surface area contributed by atoms with Crippen LogP contribution in [0.3, 0.4) is 0 Å². The van der Waals surface area contributed by atoms with Gasteiger partial charge in [-0.15, -0.1) is 0 Å². The summed E-state index contributed by atoms with van der Waals surface area (Å²) in [5, 5.41) is 0. The van der Waals surface area contributed by atoms with Crippen LogP contribution in [0.25, 0.3) is 17.2 Å². The lowest BCUT2D eigenvalue weighted by atomic mass is 10.0. The number of fused-ring (bicyclic) bond motifs is 1. The van der Waals surface area contributed by atoms with Crippen LogP contribution in [0, 0.1) is 0 Å². The monoisotopic (exact) mass is 268 g/mol. The molecule has 0 N–H and O–H groups in total. The van der Waals surface area contributed by atoms with E-state index in [1.165, 1.54) is 0 Å². The Balaban J connectivity index is 2.02. The summed E-state index contributed by atoms with van der Waals surface area (Å²) in [5.74, 6) is 2.42. The van der Waals surface area contributed by atoms with Gasteiger partial charge in [0, 0.05) is 5.56 Å². The molecule has 0 saturated heterocycles. The van der Waals surface area contributed by atoms with Gasteiger partial charge < -0.3 is 14.2 Å². The van der Waals surface area contributed by atoms with Crippen molar-refractivity contribution in [3.63, 3.8) is 0 Å². The minimum atomic E-state index is 0.594. The zero-order chi connectivity index (χ0) is 13.9. The Hall–Kier alpha value is -2.42. The van der Waals surface area contributed by atoms with Gasteiger partial charge in [-0.05, 0) is 35.4 Å². The van der Waals surface area contributed by atoms with Crippen LogP contribution in [0.2, 0.25) is 0 Å². The first kappa shape index (κ1) is 12.6. The van der Waals surface area contributed by atoms with Crippen LogP contribution in [0.15, 0.2) is 43.0 Å². The fraction of sp³-hybridized carbons (Fsp3) is 0.176. The van der Waals surface area contributed by atoms with E-state index >= 15 is 0 Å². The number of ether oxygens (including phenoxy) is 3. The smallest absolute Gasteiger partial charge is 0.161 e. The predicted molar refractivity (Wildman–Crippen MR) is 79.5 cm³/mol. The van der Waals surface area contributed by atoms with Crippen LogP contribution in [0.1, 0.15) is 5.56 Å². The van der Waals surface area contributed by atoms with Gasteiger partial charge in [0.1, 0.15) is 19.0 Å². The molecule has 0 aromatic heterocycles. The Kier molecular flexibility index (Phi) is 3.33. The Morgan fingerprint density at radius 1 is 1.00 bits per heavy atom. The van der Waals surface area contributed by atoms with Crippen molar-refractivity contribution in [3.8, 4) is 28.4 Å². The number of hydrogen-bond acceptors (Lipinski definition) is 3. The van der Waals surface area contributed by atoms with Gasteiger partial charge in [0.05, 0.1) is 7.11 Å². The normalized spacial score (nSPS) is 12.8. The second-order valence-corrected chi connectivity index (χ2v) is 4.52. The predicted octanol–water partition coefficient (Wildman–Crippen LogP) is 3.78. The molecule has 3 nitrogen and oxygen atoms in total. The van der Waals surface area contributed by atoms with Crippen molar-refractivity contribution in [1.29, 1.82) is 0 Å². The third kappa shape index (κ3) is 2.23. The van der Waals surface area contributed by atoms with Crippen LogP contribution in [-0.4, -0.2) is 20.3 Å². The molecule has 0 radical (unpaired) electrons. The van der Waals surface area contributed by atoms with E-state index in [-0.39, 0.29) is 0 Å². The zero-order valence-electron chi connectivity index (χ0n) is 11.4. The molecule has 20 heavy (non-hydrogen) atoms. The molecular formula is C17H16O3. The highest BCUT2D eigenvalue weighted by atomic mass is 16.6. The van der Waals surface area contributed by atoms with Crippen molar-refractivity contribution in [2.45, 2.75) is 0 Å². The molecule has 2 aromatic carbocycles. The molecule has 3 heteroatoms. The van der Waals surface area contributed by atoms with Gasteiger partial charge in [-0.1, -0.05) is 24.8 Å². The van der Waals surface area contributed by atoms with Gasteiger partial charge in [0.2, 0.25) is 0 Å². The summed E-state index contributed by atoms with van der Waals surface area (Å²) in [6.07, 6.45) is 1.79. The largest absolute Gasteiger partial charge is 0.496 e. The van der Waals surface area contributed by atoms with Crippen LogP contribution in [0.4, 0.5) is 0 Å². The Morgan fingerprint density at radius 3 is 2.45 bits per heavy atom. The lowest BCUT2D eigenvalue weighted by Gasteiger charge is -2.19. The Morgan fingerprint density at radius 2 is 1.70 bits per heavy atom. The zero-order valence-corrected chi connectivity index (χ0v) is 11.4. The second kappa shape index (κ2) is 5.29. The molecule has 102 valence electrons. The average molecular weight is 268 g/mol. The van der Waals surface area contributed by atoms with Gasteiger partial charge in [-0.2, -0.15) is 0 Å². The molecule has 1 aliphatic rings. The highest BCUT2D eigenvalue weighted by Gasteiger charge is 2.12. The molecule has 0 atom stereocenters. The van der Waals surface area contributed by atoms with Crippen LogP contribution >= 0.6 is 0 Å². The van der Waals surface area contributed by atoms with Gasteiger partial charge in [-0.3, -0.25) is 0 Å². The van der Waals surface area contributed by atoms with Crippen molar-refractivity contribution < 1.29 is 14.2 Å². The summed E-state index contributed by atoms with van der Waals surface area (Å²) in [6.45, 7) is 5.02. The van der Waals surface area contributed by atoms with Crippen molar-refractivity contribution in [2.24, 2.45) is 0 Å². The van der Waals surface area contributed by atoms with Crippen LogP contribution < -0.4 is 14.2 Å². The molecule has 0 aliphatic carbocycles. The standard InChI is InChI=1S/C17H16O3/c1-3-12-10-13(4-6-15(12)18-2)14-5-7-16-17(11-14)20-9-8-19-16/h3-7,10-11H,1,8-9H2,2H3. The SMILES string of the molecule is C=Cc1cc(-c2ccc3c(c2)OCCO3)ccc1OC. The van der Waals surface area contributed by atoms with Crippen molar-refractivity contribution in [2.75, 3.05) is 20.3 Å². The summed E-state index contributed by atoms with van der Waals surface area (Å²) >= 11 is 0. The number of hydrogen-bond donors (Lipinski definition) is 0. The molecule has 0 saturated carbocycles. The molecule has 0 fully saturated rings. The van der Waals surface area contributed by atoms with Gasteiger partial charge in [-0.25, -0.2) is 0 Å². The molecule has 0 spiro atoms. The van der Waals surface area contributed by atoms with Gasteiger partial charge in [0.25, 0.3) is 0 Å². The van der Waals surface area contributed by atoms with Crippen LogP contribution in [0.5, 0.6) is 17.2 Å². The second-order valence-electron chi connectivity index (χ2n) is 4.52. The third-order valence-electron chi connectivity index (χ3n) is 3.33. The molecule has 0 amide bonds. The Labute approximate surface area is 118 Å². The molecular weight excluding hydrogens is 252 g/mol. The lowest BCUT2D eigenvalue weighted by molar-refractivity contribution is 0.171. The maximum absolute atomic E-state index is 5.62. The third-order valence-corrected chi connectivity index (χ3v) is 3.33. The highest BCUT2D eigenvalue weighted by Crippen LogP contribution is 2.35. The molecule has 0 bridgehead atoms. The maximum Gasteiger partial charge on any atom is 0.161 e. The summed E-state index contributed by atoms with van der Waals surface area (Å²) in [6, 6.07) is 12.0. The molecule has 2 aromatic rings. The fourth-order valence-electron chi connectivity index (χ4n) is 2.30. The molecule has 0 unspecified atom stereocenters. The van der Waals surface area contributed by atoms with Gasteiger partial charge in [0.15, 0.2) is 11.5 Å². The van der Waals surface area contributed by atoms with Crippen molar-refractivity contribution >= 4 is 6.08 Å². The molecule has 1 aliphatic heterocycles. The molecule has 1 heterocycles. The van der Waals surface area contributed by atoms with E-state index in [1.807, 2.05) is 30.3 Å². The summed E-state index contributed by atoms with van der Waals surface area (Å²) in [5.41, 5.74) is 3.15. The van der Waals surface area contributed by atoms with E-state index in [0.29, 0.717) is 13.2 Å². The summed E-state index contributed by atoms with van der Waals surface area (Å²) in [4.78, 5) is 0. The van der Waals surface area contributed by atoms with E-state index in [9.17, 15) is 0 Å². The number of methoxy groups -OCH3 is 1. The minimum Gasteiger partial charge on any atom is -0.496 e. The first-order valence-electron chi connectivity index (χ1n) is 6.52. The quantitative estimate of drug-likeness (QED) is 0.848. The van der Waals surface area contributed by atoms with Gasteiger partial charge >= 0.3 is 0 Å². The van der Waals surface area contributed by atoms with E-state index in [2.05, 4.69) is 12.6 Å². The number of rotatable bonds is 3. The highest BCUT2D eigenvalue weighted by molar-refractivity contribution is 5.72.